The van der Waals surface area contributed by atoms with Crippen molar-refractivity contribution in [3.05, 3.63) is 51.9 Å². The van der Waals surface area contributed by atoms with E-state index in [1.54, 1.807) is 6.26 Å². The van der Waals surface area contributed by atoms with Gasteiger partial charge in [-0.3, -0.25) is 4.79 Å². The summed E-state index contributed by atoms with van der Waals surface area (Å²) in [7, 11) is 0. The summed E-state index contributed by atoms with van der Waals surface area (Å²) < 4.78 is 5.96. The summed E-state index contributed by atoms with van der Waals surface area (Å²) in [6, 6.07) is 7.91. The third kappa shape index (κ3) is 2.01. The van der Waals surface area contributed by atoms with Crippen LogP contribution in [-0.4, -0.2) is 5.91 Å². The molecule has 3 rings (SSSR count). The fourth-order valence-corrected chi connectivity index (χ4v) is 3.49. The molecule has 0 fully saturated rings. The molecule has 2 heterocycles. The molecule has 18 heavy (non-hydrogen) atoms. The zero-order valence-corrected chi connectivity index (χ0v) is 12.4. The van der Waals surface area contributed by atoms with Crippen molar-refractivity contribution in [1.29, 1.82) is 0 Å². The second-order valence-corrected chi connectivity index (χ2v) is 5.79. The van der Waals surface area contributed by atoms with Gasteiger partial charge in [-0.05, 0) is 39.2 Å². The first kappa shape index (κ1) is 12.0. The molecule has 0 bridgehead atoms. The molecule has 0 saturated carbocycles. The first-order valence-electron chi connectivity index (χ1n) is 5.45. The topological polar surface area (TPSA) is 42.2 Å². The van der Waals surface area contributed by atoms with Crippen LogP contribution >= 0.6 is 31.9 Å². The van der Waals surface area contributed by atoms with Crippen LogP contribution in [0.5, 0.6) is 0 Å². The van der Waals surface area contributed by atoms with E-state index in [9.17, 15) is 4.79 Å². The van der Waals surface area contributed by atoms with E-state index in [1.807, 2.05) is 24.3 Å². The van der Waals surface area contributed by atoms with Crippen LogP contribution in [0.2, 0.25) is 0 Å². The fraction of sp³-hybridized carbons (Fsp3) is 0.154. The van der Waals surface area contributed by atoms with Crippen molar-refractivity contribution in [2.45, 2.75) is 11.2 Å². The van der Waals surface area contributed by atoms with E-state index in [2.05, 4.69) is 37.2 Å². The number of anilines is 1. The van der Waals surface area contributed by atoms with Crippen LogP contribution in [0.4, 0.5) is 5.69 Å². The highest BCUT2D eigenvalue weighted by molar-refractivity contribution is 9.10. The fourth-order valence-electron chi connectivity index (χ4n) is 2.07. The standard InChI is InChI=1S/C13H9Br2NO2/c14-12(9-3-4-18-13(9)15)7-1-2-10-8(5-7)6-11(17)16-10/h1-5,12H,6H2,(H,16,17). The molecule has 0 radical (unpaired) electrons. The van der Waals surface area contributed by atoms with Crippen molar-refractivity contribution in [1.82, 2.24) is 0 Å². The average Bonchev–Trinajstić information content (AvgIpc) is 2.91. The normalized spacial score (nSPS) is 15.3. The summed E-state index contributed by atoms with van der Waals surface area (Å²) in [6.45, 7) is 0. The first-order valence-corrected chi connectivity index (χ1v) is 7.15. The van der Waals surface area contributed by atoms with Crippen LogP contribution in [-0.2, 0) is 11.2 Å². The molecular formula is C13H9Br2NO2. The number of rotatable bonds is 2. The molecule has 5 heteroatoms. The first-order chi connectivity index (χ1) is 8.65. The monoisotopic (exact) mass is 369 g/mol. The third-order valence-electron chi connectivity index (χ3n) is 2.97. The molecule has 92 valence electrons. The van der Waals surface area contributed by atoms with Crippen molar-refractivity contribution in [2.24, 2.45) is 0 Å². The number of amides is 1. The van der Waals surface area contributed by atoms with Crippen molar-refractivity contribution in [2.75, 3.05) is 5.32 Å². The smallest absolute Gasteiger partial charge is 0.228 e. The number of carbonyl (C=O) groups is 1. The van der Waals surface area contributed by atoms with Crippen molar-refractivity contribution in [3.8, 4) is 0 Å². The number of furan rings is 1. The molecule has 1 aromatic heterocycles. The van der Waals surface area contributed by atoms with E-state index in [0.717, 1.165) is 27.0 Å². The molecule has 0 aliphatic carbocycles. The molecule has 2 aromatic rings. The summed E-state index contributed by atoms with van der Waals surface area (Å²) in [5, 5.41) is 2.83. The molecule has 1 N–H and O–H groups in total. The quantitative estimate of drug-likeness (QED) is 0.811. The molecule has 1 amide bonds. The van der Waals surface area contributed by atoms with Crippen LogP contribution in [0, 0.1) is 0 Å². The Morgan fingerprint density at radius 1 is 1.33 bits per heavy atom. The zero-order chi connectivity index (χ0) is 12.7. The van der Waals surface area contributed by atoms with Gasteiger partial charge in [0.2, 0.25) is 5.91 Å². The van der Waals surface area contributed by atoms with E-state index in [4.69, 9.17) is 4.42 Å². The molecule has 3 nitrogen and oxygen atoms in total. The minimum Gasteiger partial charge on any atom is -0.457 e. The molecule has 1 aliphatic heterocycles. The van der Waals surface area contributed by atoms with Gasteiger partial charge >= 0.3 is 0 Å². The summed E-state index contributed by atoms with van der Waals surface area (Å²) in [5.41, 5.74) is 4.09. The number of alkyl halides is 1. The van der Waals surface area contributed by atoms with Gasteiger partial charge in [0.1, 0.15) is 0 Å². The Bertz CT molecular complexity index is 621. The molecule has 1 unspecified atom stereocenters. The number of hydrogen-bond donors (Lipinski definition) is 1. The second kappa shape index (κ2) is 4.55. The number of benzene rings is 1. The predicted molar refractivity (Wildman–Crippen MR) is 76.0 cm³/mol. The summed E-state index contributed by atoms with van der Waals surface area (Å²) in [5.74, 6) is 0.0535. The van der Waals surface area contributed by atoms with Crippen molar-refractivity contribution in [3.63, 3.8) is 0 Å². The van der Waals surface area contributed by atoms with Crippen LogP contribution in [0.15, 0.2) is 39.6 Å². The van der Waals surface area contributed by atoms with Gasteiger partial charge in [0.05, 0.1) is 17.5 Å². The van der Waals surface area contributed by atoms with E-state index >= 15 is 0 Å². The Kier molecular flexibility index (Phi) is 3.03. The minimum absolute atomic E-state index is 0.0478. The molecule has 0 saturated heterocycles. The summed E-state index contributed by atoms with van der Waals surface area (Å²) in [4.78, 5) is 11.4. The maximum Gasteiger partial charge on any atom is 0.228 e. The SMILES string of the molecule is O=C1Cc2cc(C(Br)c3ccoc3Br)ccc2N1. The zero-order valence-electron chi connectivity index (χ0n) is 9.24. The number of nitrogens with one attached hydrogen (secondary N) is 1. The predicted octanol–water partition coefficient (Wildman–Crippen LogP) is 4.02. The van der Waals surface area contributed by atoms with Crippen LogP contribution in [0.3, 0.4) is 0 Å². The highest BCUT2D eigenvalue weighted by Crippen LogP contribution is 2.37. The van der Waals surface area contributed by atoms with Gasteiger partial charge in [0, 0.05) is 11.3 Å². The van der Waals surface area contributed by atoms with E-state index < -0.39 is 0 Å². The van der Waals surface area contributed by atoms with Gasteiger partial charge in [-0.25, -0.2) is 0 Å². The molecular weight excluding hydrogens is 362 g/mol. The van der Waals surface area contributed by atoms with Crippen molar-refractivity contribution >= 4 is 43.5 Å². The van der Waals surface area contributed by atoms with Gasteiger partial charge in [-0.1, -0.05) is 28.1 Å². The number of carbonyl (C=O) groups excluding carboxylic acids is 1. The average molecular weight is 371 g/mol. The van der Waals surface area contributed by atoms with Crippen LogP contribution in [0.25, 0.3) is 0 Å². The molecule has 0 spiro atoms. The lowest BCUT2D eigenvalue weighted by Gasteiger charge is -2.10. The minimum atomic E-state index is 0.0478. The van der Waals surface area contributed by atoms with E-state index in [-0.39, 0.29) is 10.7 Å². The summed E-state index contributed by atoms with van der Waals surface area (Å²) in [6.07, 6.45) is 2.10. The van der Waals surface area contributed by atoms with Crippen LogP contribution < -0.4 is 5.32 Å². The summed E-state index contributed by atoms with van der Waals surface area (Å²) >= 11 is 7.03. The third-order valence-corrected chi connectivity index (χ3v) is 4.63. The second-order valence-electron chi connectivity index (χ2n) is 4.15. The Morgan fingerprint density at radius 3 is 2.89 bits per heavy atom. The Hall–Kier alpha value is -1.07. The van der Waals surface area contributed by atoms with Gasteiger partial charge in [-0.2, -0.15) is 0 Å². The lowest BCUT2D eigenvalue weighted by molar-refractivity contribution is -0.115. The van der Waals surface area contributed by atoms with Gasteiger partial charge in [0.15, 0.2) is 4.67 Å². The van der Waals surface area contributed by atoms with Gasteiger partial charge < -0.3 is 9.73 Å². The largest absolute Gasteiger partial charge is 0.457 e. The van der Waals surface area contributed by atoms with E-state index in [1.165, 1.54) is 0 Å². The lowest BCUT2D eigenvalue weighted by atomic mass is 10.0. The number of halogens is 2. The Labute approximate surface area is 121 Å². The molecule has 1 aliphatic rings. The van der Waals surface area contributed by atoms with Gasteiger partial charge in [0.25, 0.3) is 0 Å². The van der Waals surface area contributed by atoms with E-state index in [0.29, 0.717) is 6.42 Å². The molecule has 1 atom stereocenters. The van der Waals surface area contributed by atoms with Gasteiger partial charge in [-0.15, -0.1) is 0 Å². The lowest BCUT2D eigenvalue weighted by Crippen LogP contribution is -2.03. The Balaban J connectivity index is 1.97. The highest BCUT2D eigenvalue weighted by atomic mass is 79.9. The van der Waals surface area contributed by atoms with Crippen LogP contribution in [0.1, 0.15) is 21.5 Å². The number of fused-ring (bicyclic) bond motifs is 1. The Morgan fingerprint density at radius 2 is 2.17 bits per heavy atom. The van der Waals surface area contributed by atoms with Crippen molar-refractivity contribution < 1.29 is 9.21 Å². The maximum atomic E-state index is 11.3. The highest BCUT2D eigenvalue weighted by Gasteiger charge is 2.21. The maximum absolute atomic E-state index is 11.3. The molecule has 1 aromatic carbocycles. The number of hydrogen-bond acceptors (Lipinski definition) is 2.